The van der Waals surface area contributed by atoms with E-state index in [2.05, 4.69) is 4.74 Å². The summed E-state index contributed by atoms with van der Waals surface area (Å²) in [6.07, 6.45) is 0. The predicted molar refractivity (Wildman–Crippen MR) is 54.4 cm³/mol. The van der Waals surface area contributed by atoms with E-state index < -0.39 is 5.97 Å². The van der Waals surface area contributed by atoms with Crippen molar-refractivity contribution in [3.05, 3.63) is 21.1 Å². The molecule has 0 heterocycles. The minimum absolute atomic E-state index is 0.00957. The summed E-state index contributed by atoms with van der Waals surface area (Å²) in [6.45, 7) is 1.20. The van der Waals surface area contributed by atoms with Crippen molar-refractivity contribution < 1.29 is 14.6 Å². The number of carbonyl (C=O) groups is 1. The smallest absolute Gasteiger partial charge is 0.308 e. The first kappa shape index (κ1) is 11.4. The van der Waals surface area contributed by atoms with Gasteiger partial charge in [-0.15, -0.1) is 0 Å². The zero-order valence-electron chi connectivity index (χ0n) is 6.97. The van der Waals surface area contributed by atoms with Crippen molar-refractivity contribution >= 4 is 40.8 Å². The zero-order chi connectivity index (χ0) is 10.9. The van der Waals surface area contributed by atoms with Crippen LogP contribution in [0.5, 0.6) is 11.5 Å². The van der Waals surface area contributed by atoms with Gasteiger partial charge in [0.2, 0.25) is 0 Å². The Balaban J connectivity index is 3.25. The lowest BCUT2D eigenvalue weighted by Crippen LogP contribution is -2.02. The third kappa shape index (κ3) is 2.23. The van der Waals surface area contributed by atoms with Gasteiger partial charge in [-0.3, -0.25) is 4.79 Å². The molecule has 0 radical (unpaired) electrons. The third-order valence-electron chi connectivity index (χ3n) is 1.35. The summed E-state index contributed by atoms with van der Waals surface area (Å²) in [6, 6.07) is 1.12. The second kappa shape index (κ2) is 4.26. The lowest BCUT2D eigenvalue weighted by atomic mass is 10.3. The topological polar surface area (TPSA) is 46.5 Å². The highest BCUT2D eigenvalue weighted by Gasteiger charge is 2.15. The number of ether oxygens (including phenoxy) is 1. The molecule has 14 heavy (non-hydrogen) atoms. The molecule has 0 aliphatic heterocycles. The lowest BCUT2D eigenvalue weighted by molar-refractivity contribution is -0.131. The Morgan fingerprint density at radius 3 is 2.36 bits per heavy atom. The van der Waals surface area contributed by atoms with Crippen LogP contribution in [0.3, 0.4) is 0 Å². The monoisotopic (exact) mass is 254 g/mol. The van der Waals surface area contributed by atoms with E-state index in [1.54, 1.807) is 0 Å². The van der Waals surface area contributed by atoms with E-state index in [0.717, 1.165) is 6.07 Å². The maximum absolute atomic E-state index is 10.6. The molecule has 1 N–H and O–H groups in total. The highest BCUT2D eigenvalue weighted by Crippen LogP contribution is 2.42. The maximum atomic E-state index is 10.6. The molecule has 0 unspecified atom stereocenters. The van der Waals surface area contributed by atoms with E-state index in [0.29, 0.717) is 0 Å². The van der Waals surface area contributed by atoms with E-state index in [1.165, 1.54) is 6.92 Å². The van der Waals surface area contributed by atoms with Gasteiger partial charge in [0.05, 0.1) is 5.02 Å². The molecule has 0 bridgehead atoms. The second-order valence-electron chi connectivity index (χ2n) is 2.43. The number of halogens is 3. The fraction of sp³-hybridized carbons (Fsp3) is 0.125. The van der Waals surface area contributed by atoms with Gasteiger partial charge in [0.25, 0.3) is 0 Å². The fourth-order valence-corrected chi connectivity index (χ4v) is 1.37. The van der Waals surface area contributed by atoms with Crippen molar-refractivity contribution in [2.75, 3.05) is 0 Å². The van der Waals surface area contributed by atoms with E-state index in [1.807, 2.05) is 0 Å². The Morgan fingerprint density at radius 2 is 1.86 bits per heavy atom. The van der Waals surface area contributed by atoms with Crippen molar-refractivity contribution in [3.63, 3.8) is 0 Å². The molecule has 3 nitrogen and oxygen atoms in total. The van der Waals surface area contributed by atoms with Gasteiger partial charge in [-0.1, -0.05) is 34.8 Å². The van der Waals surface area contributed by atoms with E-state index in [-0.39, 0.29) is 26.6 Å². The van der Waals surface area contributed by atoms with Gasteiger partial charge < -0.3 is 9.84 Å². The van der Waals surface area contributed by atoms with E-state index in [9.17, 15) is 9.90 Å². The molecule has 1 rings (SSSR count). The normalized spacial score (nSPS) is 10.0. The van der Waals surface area contributed by atoms with Crippen LogP contribution in [0.2, 0.25) is 15.1 Å². The molecule has 0 aromatic heterocycles. The molecule has 6 heteroatoms. The highest BCUT2D eigenvalue weighted by molar-refractivity contribution is 6.49. The van der Waals surface area contributed by atoms with Gasteiger partial charge in [-0.25, -0.2) is 0 Å². The minimum Gasteiger partial charge on any atom is -0.506 e. The molecule has 0 spiro atoms. The van der Waals surface area contributed by atoms with Gasteiger partial charge in [0.1, 0.15) is 15.8 Å². The molecule has 0 fully saturated rings. The molecule has 0 saturated heterocycles. The molecule has 0 atom stereocenters. The number of phenolic OH excluding ortho intramolecular Hbond substituents is 1. The highest BCUT2D eigenvalue weighted by atomic mass is 35.5. The number of benzene rings is 1. The summed E-state index contributed by atoms with van der Waals surface area (Å²) < 4.78 is 4.69. The number of hydrogen-bond acceptors (Lipinski definition) is 3. The first-order valence-corrected chi connectivity index (χ1v) is 4.61. The molecule has 0 saturated carbocycles. The molecular weight excluding hydrogens is 250 g/mol. The van der Waals surface area contributed by atoms with Crippen LogP contribution in [0.1, 0.15) is 6.92 Å². The molecule has 0 aliphatic carbocycles. The van der Waals surface area contributed by atoms with Crippen molar-refractivity contribution in [2.45, 2.75) is 6.92 Å². The first-order chi connectivity index (χ1) is 6.43. The summed E-state index contributed by atoms with van der Waals surface area (Å²) in [5.74, 6) is -0.881. The van der Waals surface area contributed by atoms with Gasteiger partial charge in [-0.05, 0) is 0 Å². The van der Waals surface area contributed by atoms with Gasteiger partial charge >= 0.3 is 5.97 Å². The van der Waals surface area contributed by atoms with Crippen LogP contribution < -0.4 is 4.74 Å². The van der Waals surface area contributed by atoms with Crippen molar-refractivity contribution in [3.8, 4) is 11.5 Å². The summed E-state index contributed by atoms with van der Waals surface area (Å²) in [5.41, 5.74) is 0. The number of carbonyl (C=O) groups excluding carboxylic acids is 1. The number of rotatable bonds is 1. The fourth-order valence-electron chi connectivity index (χ4n) is 0.797. The second-order valence-corrected chi connectivity index (χ2v) is 3.56. The lowest BCUT2D eigenvalue weighted by Gasteiger charge is -2.07. The Hall–Kier alpha value is -0.640. The van der Waals surface area contributed by atoms with Crippen molar-refractivity contribution in [1.82, 2.24) is 0 Å². The van der Waals surface area contributed by atoms with Gasteiger partial charge in [-0.2, -0.15) is 0 Å². The molecular formula is C8H5Cl3O3. The van der Waals surface area contributed by atoms with E-state index >= 15 is 0 Å². The number of hydrogen-bond donors (Lipinski definition) is 1. The quantitative estimate of drug-likeness (QED) is 0.476. The largest absolute Gasteiger partial charge is 0.506 e. The van der Waals surface area contributed by atoms with Gasteiger partial charge in [0, 0.05) is 13.0 Å². The maximum Gasteiger partial charge on any atom is 0.308 e. The van der Waals surface area contributed by atoms with Crippen molar-refractivity contribution in [1.29, 1.82) is 0 Å². The molecule has 0 amide bonds. The third-order valence-corrected chi connectivity index (χ3v) is 2.68. The summed E-state index contributed by atoms with van der Waals surface area (Å²) in [5, 5.41) is 9.11. The van der Waals surface area contributed by atoms with Crippen LogP contribution in [-0.4, -0.2) is 11.1 Å². The SMILES string of the molecule is CC(=O)Oc1cc(O)c(Cl)c(Cl)c1Cl. The summed E-state index contributed by atoms with van der Waals surface area (Å²) >= 11 is 17.0. The van der Waals surface area contributed by atoms with Crippen LogP contribution in [0.15, 0.2) is 6.07 Å². The minimum atomic E-state index is -0.565. The Labute approximate surface area is 95.1 Å². The number of esters is 1. The number of phenols is 1. The Bertz CT molecular complexity index is 390. The molecule has 0 aliphatic rings. The van der Waals surface area contributed by atoms with Crippen molar-refractivity contribution in [2.24, 2.45) is 0 Å². The summed E-state index contributed by atoms with van der Waals surface area (Å²) in [4.78, 5) is 10.6. The zero-order valence-corrected chi connectivity index (χ0v) is 9.24. The van der Waals surface area contributed by atoms with Crippen LogP contribution in [0.25, 0.3) is 0 Å². The predicted octanol–water partition coefficient (Wildman–Crippen LogP) is 3.28. The first-order valence-electron chi connectivity index (χ1n) is 3.48. The van der Waals surface area contributed by atoms with E-state index in [4.69, 9.17) is 34.8 Å². The molecule has 76 valence electrons. The number of aromatic hydroxyl groups is 1. The standard InChI is InChI=1S/C8H5Cl3O3/c1-3(12)14-5-2-4(13)6(9)8(11)7(5)10/h2,13H,1H3. The van der Waals surface area contributed by atoms with Crippen LogP contribution in [0.4, 0.5) is 0 Å². The average Bonchev–Trinajstić information content (AvgIpc) is 2.10. The Kier molecular flexibility index (Phi) is 3.48. The Morgan fingerprint density at radius 1 is 1.29 bits per heavy atom. The van der Waals surface area contributed by atoms with Gasteiger partial charge in [0.15, 0.2) is 5.75 Å². The van der Waals surface area contributed by atoms with Crippen LogP contribution >= 0.6 is 34.8 Å². The molecule has 1 aromatic carbocycles. The summed E-state index contributed by atoms with van der Waals surface area (Å²) in [7, 11) is 0. The van der Waals surface area contributed by atoms with Crippen LogP contribution in [0, 0.1) is 0 Å². The molecule has 1 aromatic rings. The average molecular weight is 255 g/mol. The van der Waals surface area contributed by atoms with Crippen LogP contribution in [-0.2, 0) is 4.79 Å².